The summed E-state index contributed by atoms with van der Waals surface area (Å²) in [6, 6.07) is 0. The third-order valence-electron chi connectivity index (χ3n) is 2.90. The van der Waals surface area contributed by atoms with Gasteiger partial charge in [-0.1, -0.05) is 0 Å². The van der Waals surface area contributed by atoms with Gasteiger partial charge in [0.2, 0.25) is 0 Å². The molecule has 1 atom stereocenters. The van der Waals surface area contributed by atoms with Crippen LogP contribution in [-0.2, 0) is 18.3 Å². The molecule has 0 spiro atoms. The Morgan fingerprint density at radius 1 is 1.56 bits per heavy atom. The summed E-state index contributed by atoms with van der Waals surface area (Å²) < 4.78 is 7.84. The number of hydrogen-bond donors (Lipinski definition) is 2. The van der Waals surface area contributed by atoms with Crippen molar-refractivity contribution >= 4 is 15.9 Å². The Kier molecular flexibility index (Phi) is 5.78. The molecule has 2 N–H and O–H groups in total. The highest BCUT2D eigenvalue weighted by atomic mass is 79.9. The van der Waals surface area contributed by atoms with Crippen LogP contribution in [0.15, 0.2) is 4.47 Å². The first-order chi connectivity index (χ1) is 8.37. The highest BCUT2D eigenvalue weighted by Crippen LogP contribution is 2.20. The van der Waals surface area contributed by atoms with Gasteiger partial charge in [0.15, 0.2) is 0 Å². The highest BCUT2D eigenvalue weighted by Gasteiger charge is 2.20. The quantitative estimate of drug-likeness (QED) is 0.797. The topological polar surface area (TPSA) is 59.3 Å². The molecule has 0 fully saturated rings. The lowest BCUT2D eigenvalue weighted by molar-refractivity contribution is 0.0246. The van der Waals surface area contributed by atoms with Crippen molar-refractivity contribution in [2.24, 2.45) is 7.05 Å². The molecule has 0 amide bonds. The maximum absolute atomic E-state index is 10.1. The molecule has 1 aromatic rings. The lowest BCUT2D eigenvalue weighted by Gasteiger charge is -2.23. The molecule has 0 bridgehead atoms. The number of rotatable bonds is 7. The fraction of sp³-hybridized carbons (Fsp3) is 0.750. The second-order valence-corrected chi connectivity index (χ2v) is 5.61. The summed E-state index contributed by atoms with van der Waals surface area (Å²) in [7, 11) is 3.55. The van der Waals surface area contributed by atoms with Crippen molar-refractivity contribution in [1.82, 2.24) is 15.1 Å². The van der Waals surface area contributed by atoms with Crippen LogP contribution < -0.4 is 5.32 Å². The van der Waals surface area contributed by atoms with Gasteiger partial charge in [-0.25, -0.2) is 0 Å². The summed E-state index contributed by atoms with van der Waals surface area (Å²) >= 11 is 3.52. The van der Waals surface area contributed by atoms with E-state index in [4.69, 9.17) is 4.74 Å². The number of aryl methyl sites for hydroxylation is 2. The monoisotopic (exact) mass is 319 g/mol. The van der Waals surface area contributed by atoms with E-state index in [1.54, 1.807) is 7.11 Å². The second kappa shape index (κ2) is 6.65. The summed E-state index contributed by atoms with van der Waals surface area (Å²) in [6.45, 7) is 5.52. The summed E-state index contributed by atoms with van der Waals surface area (Å²) in [4.78, 5) is 0. The Morgan fingerprint density at radius 3 is 2.72 bits per heavy atom. The van der Waals surface area contributed by atoms with Crippen LogP contribution in [0.5, 0.6) is 0 Å². The average molecular weight is 320 g/mol. The van der Waals surface area contributed by atoms with Crippen molar-refractivity contribution in [2.75, 3.05) is 20.3 Å². The SMILES string of the molecule is COCCC(C)(O)CNCc1c(Br)c(C)nn1C. The Morgan fingerprint density at radius 2 is 2.22 bits per heavy atom. The van der Waals surface area contributed by atoms with E-state index < -0.39 is 5.60 Å². The molecule has 1 unspecified atom stereocenters. The van der Waals surface area contributed by atoms with Gasteiger partial charge in [-0.3, -0.25) is 4.68 Å². The standard InChI is InChI=1S/C12H22BrN3O2/c1-9-11(13)10(16(3)15-9)7-14-8-12(2,17)5-6-18-4/h14,17H,5-8H2,1-4H3. The summed E-state index contributed by atoms with van der Waals surface area (Å²) in [6.07, 6.45) is 0.613. The van der Waals surface area contributed by atoms with E-state index in [0.29, 0.717) is 26.1 Å². The molecule has 18 heavy (non-hydrogen) atoms. The second-order valence-electron chi connectivity index (χ2n) is 4.81. The Hall–Kier alpha value is -0.430. The number of halogens is 1. The van der Waals surface area contributed by atoms with Crippen LogP contribution in [0.4, 0.5) is 0 Å². The zero-order chi connectivity index (χ0) is 13.8. The van der Waals surface area contributed by atoms with Gasteiger partial charge in [0.1, 0.15) is 0 Å². The van der Waals surface area contributed by atoms with Crippen LogP contribution in [0, 0.1) is 6.92 Å². The largest absolute Gasteiger partial charge is 0.389 e. The van der Waals surface area contributed by atoms with E-state index in [-0.39, 0.29) is 0 Å². The van der Waals surface area contributed by atoms with Gasteiger partial charge in [-0.05, 0) is 29.8 Å². The number of hydrogen-bond acceptors (Lipinski definition) is 4. The molecule has 104 valence electrons. The molecule has 0 aliphatic heterocycles. The maximum atomic E-state index is 10.1. The minimum Gasteiger partial charge on any atom is -0.389 e. The van der Waals surface area contributed by atoms with Crippen molar-refractivity contribution in [3.05, 3.63) is 15.9 Å². The zero-order valence-electron chi connectivity index (χ0n) is 11.5. The molecule has 0 saturated heterocycles. The first-order valence-electron chi connectivity index (χ1n) is 5.97. The predicted octanol–water partition coefficient (Wildman–Crippen LogP) is 1.37. The van der Waals surface area contributed by atoms with Gasteiger partial charge in [0.25, 0.3) is 0 Å². The van der Waals surface area contributed by atoms with Crippen molar-refractivity contribution < 1.29 is 9.84 Å². The lowest BCUT2D eigenvalue weighted by atomic mass is 10.0. The molecule has 0 aliphatic rings. The fourth-order valence-corrected chi connectivity index (χ4v) is 2.21. The molecule has 0 radical (unpaired) electrons. The minimum absolute atomic E-state index is 0.521. The molecular formula is C12H22BrN3O2. The molecule has 1 aromatic heterocycles. The fourth-order valence-electron chi connectivity index (χ4n) is 1.73. The predicted molar refractivity (Wildman–Crippen MR) is 74.5 cm³/mol. The first kappa shape index (κ1) is 15.6. The van der Waals surface area contributed by atoms with Gasteiger partial charge < -0.3 is 15.2 Å². The van der Waals surface area contributed by atoms with E-state index in [2.05, 4.69) is 26.3 Å². The third-order valence-corrected chi connectivity index (χ3v) is 3.94. The van der Waals surface area contributed by atoms with Gasteiger partial charge in [-0.2, -0.15) is 5.10 Å². The Balaban J connectivity index is 2.46. The van der Waals surface area contributed by atoms with E-state index in [9.17, 15) is 5.11 Å². The molecule has 1 rings (SSSR count). The maximum Gasteiger partial charge on any atom is 0.0765 e. The lowest BCUT2D eigenvalue weighted by Crippen LogP contribution is -2.38. The smallest absolute Gasteiger partial charge is 0.0765 e. The molecule has 0 aliphatic carbocycles. The van der Waals surface area contributed by atoms with Crippen molar-refractivity contribution in [3.63, 3.8) is 0 Å². The third kappa shape index (κ3) is 4.35. The number of methoxy groups -OCH3 is 1. The molecule has 5 nitrogen and oxygen atoms in total. The van der Waals surface area contributed by atoms with Crippen LogP contribution in [-0.4, -0.2) is 40.7 Å². The van der Waals surface area contributed by atoms with Crippen molar-refractivity contribution in [2.45, 2.75) is 32.4 Å². The van der Waals surface area contributed by atoms with Crippen LogP contribution >= 0.6 is 15.9 Å². The molecule has 6 heteroatoms. The van der Waals surface area contributed by atoms with Gasteiger partial charge in [0.05, 0.1) is 21.5 Å². The highest BCUT2D eigenvalue weighted by molar-refractivity contribution is 9.10. The normalized spacial score (nSPS) is 14.8. The molecular weight excluding hydrogens is 298 g/mol. The number of ether oxygens (including phenoxy) is 1. The van der Waals surface area contributed by atoms with E-state index >= 15 is 0 Å². The number of nitrogens with one attached hydrogen (secondary N) is 1. The Bertz CT molecular complexity index is 391. The molecule has 0 aromatic carbocycles. The van der Waals surface area contributed by atoms with E-state index in [0.717, 1.165) is 15.9 Å². The summed E-state index contributed by atoms with van der Waals surface area (Å²) in [5, 5.41) is 17.7. The van der Waals surface area contributed by atoms with Crippen LogP contribution in [0.2, 0.25) is 0 Å². The minimum atomic E-state index is -0.754. The van der Waals surface area contributed by atoms with Crippen molar-refractivity contribution in [1.29, 1.82) is 0 Å². The number of aromatic nitrogens is 2. The van der Waals surface area contributed by atoms with E-state index in [1.807, 2.05) is 25.6 Å². The van der Waals surface area contributed by atoms with Gasteiger partial charge in [0, 0.05) is 40.3 Å². The Labute approximate surface area is 117 Å². The van der Waals surface area contributed by atoms with Crippen molar-refractivity contribution in [3.8, 4) is 0 Å². The molecule has 0 saturated carbocycles. The summed E-state index contributed by atoms with van der Waals surface area (Å²) in [5.74, 6) is 0. The summed E-state index contributed by atoms with van der Waals surface area (Å²) in [5.41, 5.74) is 1.30. The van der Waals surface area contributed by atoms with Crippen LogP contribution in [0.3, 0.4) is 0 Å². The van der Waals surface area contributed by atoms with E-state index in [1.165, 1.54) is 0 Å². The number of nitrogens with zero attached hydrogens (tertiary/aromatic N) is 2. The zero-order valence-corrected chi connectivity index (χ0v) is 13.0. The first-order valence-corrected chi connectivity index (χ1v) is 6.76. The van der Waals surface area contributed by atoms with Gasteiger partial charge >= 0.3 is 0 Å². The average Bonchev–Trinajstić information content (AvgIpc) is 2.53. The number of aliphatic hydroxyl groups is 1. The molecule has 1 heterocycles. The van der Waals surface area contributed by atoms with Gasteiger partial charge in [-0.15, -0.1) is 0 Å². The van der Waals surface area contributed by atoms with Crippen LogP contribution in [0.25, 0.3) is 0 Å². The van der Waals surface area contributed by atoms with Crippen LogP contribution in [0.1, 0.15) is 24.7 Å².